The molecule has 12 aromatic rings. The van der Waals surface area contributed by atoms with Crippen LogP contribution in [0.2, 0.25) is 0 Å². The van der Waals surface area contributed by atoms with Crippen molar-refractivity contribution in [1.82, 2.24) is 15.6 Å². The molecule has 2 aliphatic heterocycles. The summed E-state index contributed by atoms with van der Waals surface area (Å²) in [6.07, 6.45) is 3.93. The molecule has 14 rings (SSSR count). The molecule has 0 bridgehead atoms. The third-order valence-electron chi connectivity index (χ3n) is 15.8. The van der Waals surface area contributed by atoms with Crippen LogP contribution in [0.4, 0.5) is 14.5 Å². The number of rotatable bonds is 15. The Morgan fingerprint density at radius 2 is 0.866 bits per heavy atom. The molecule has 0 saturated carbocycles. The smallest absolute Gasteiger partial charge is 1.00 e. The number of amides is 2. The molecule has 7 aromatic carbocycles. The van der Waals surface area contributed by atoms with E-state index in [2.05, 4.69) is 65.3 Å². The fourth-order valence-electron chi connectivity index (χ4n) is 9.25. The molecule has 2 amide bonds. The average molecular weight is 1960 g/mol. The van der Waals surface area contributed by atoms with Crippen LogP contribution < -0.4 is 38.0 Å². The maximum atomic E-state index is 12.9. The van der Waals surface area contributed by atoms with Crippen molar-refractivity contribution in [2.75, 3.05) is 86.9 Å². The van der Waals surface area contributed by atoms with Gasteiger partial charge in [-0.25, -0.2) is 33.4 Å². The second kappa shape index (κ2) is 60.3. The van der Waals surface area contributed by atoms with Crippen molar-refractivity contribution in [1.29, 1.82) is 0 Å². The SMILES string of the molecule is C1CCOCC1.CC(C)(C)S(N)=O.CNOC.CON(C)C(=O)c1csc(-c2ccccc2)c1.CON(C)C(=O)c1csc(Br)c1.Cl.Fc1cc[c-]cc1.O=C(O)c1csc(Br)c1.O=C(c1ccc(F)cc1)c1csc(-c2ccccc2)c1.O=C(c1ccc(N2CCOCC2)cc1)c1csc(-c2ccccc2)c1.OB(O)c1ccccc1.[Br-].[Mg+2]. The fraction of sp³-hybridized carbons (Fsp3) is 0.221. The van der Waals surface area contributed by atoms with E-state index >= 15 is 0 Å². The van der Waals surface area contributed by atoms with Gasteiger partial charge in [0.05, 0.1) is 74.5 Å². The standard InChI is InChI=1S/C21H19NO2S.C17H11FOS.C13H13NO2S.C7H8BrNO2S.C6H7BO2.C6H4F.C5H3BrO2S.C5H10O.C4H11NOS.C2H7NO.BrH.ClH.Mg/c23-21(18-14-20(25-15-18)16-4-2-1-3-5-16)17-6-8-19(9-7-17)22-10-12-24-13-11-22;18-15-8-6-13(7-9-15)17(19)14-10-16(20-11-14)12-4-2-1-3-5-12;1-14(16-2)13(15)11-8-12(17-9-11)10-6-4-3-5-7-10;1-9(11-2)7(10)5-3-6(8)12-4-5;8-7(9)6-4-2-1-3-5-6;7-6-4-2-1-3-5-6;6-4-1-3(2-9-4)5(7)8;1-2-4-6-5-3-1;1-4(2,3)7(5)6;1-3-4-2;;;/h1-9,14-15H,10-13H2;1-11H;3-9H,1-2H3;3-4H,1-2H3;1-5,8-9H;2-5H;1-2H,(H,7,8);1-5H2;5H2,1-3H3;3H,1-2H3;2*1H;/q;;;;;-1;;;;;;;+2/p-1. The number of carboxylic acids is 1. The zero-order valence-electron chi connectivity index (χ0n) is 66.9. The summed E-state index contributed by atoms with van der Waals surface area (Å²) in [6, 6.07) is 69.9. The van der Waals surface area contributed by atoms with Crippen LogP contribution in [-0.2, 0) is 35.0 Å². The molecule has 33 heteroatoms. The van der Waals surface area contributed by atoms with E-state index in [1.165, 1.54) is 126 Å². The van der Waals surface area contributed by atoms with Crippen molar-refractivity contribution in [2.45, 2.75) is 44.8 Å². The number of halogens is 6. The van der Waals surface area contributed by atoms with Crippen molar-refractivity contribution in [3.8, 4) is 31.3 Å². The fourth-order valence-corrected chi connectivity index (χ4v) is 14.2. The van der Waals surface area contributed by atoms with Gasteiger partial charge < -0.3 is 51.3 Å². The molecule has 6 N–H and O–H groups in total. The van der Waals surface area contributed by atoms with E-state index in [4.69, 9.17) is 39.4 Å². The Balaban J connectivity index is 0.000000467. The molecular weight excluding hydrogens is 1870 g/mol. The molecule has 7 heterocycles. The predicted octanol–water partition coefficient (Wildman–Crippen LogP) is 16.1. The van der Waals surface area contributed by atoms with Gasteiger partial charge >= 0.3 is 36.1 Å². The monoisotopic (exact) mass is 1960 g/mol. The van der Waals surface area contributed by atoms with Crippen LogP contribution in [0.25, 0.3) is 31.3 Å². The first kappa shape index (κ1) is 108. The summed E-state index contributed by atoms with van der Waals surface area (Å²) in [7, 11) is 6.86. The van der Waals surface area contributed by atoms with Gasteiger partial charge in [0.25, 0.3) is 11.8 Å². The van der Waals surface area contributed by atoms with Crippen LogP contribution >= 0.6 is 101 Å². The summed E-state index contributed by atoms with van der Waals surface area (Å²) < 4.78 is 47.1. The average Bonchev–Trinajstić information content (AvgIpc) is 1.80. The van der Waals surface area contributed by atoms with E-state index in [0.717, 1.165) is 95.2 Å². The zero-order chi connectivity index (χ0) is 84.8. The number of ether oxygens (including phenoxy) is 2. The number of ketones is 2. The number of thiophene rings is 5. The molecule has 0 aliphatic carbocycles. The molecule has 2 saturated heterocycles. The number of hydrogen-bond donors (Lipinski definition) is 5. The zero-order valence-corrected chi connectivity index (χ0v) is 78.8. The molecular formula is C86H94BBr3ClF2MgN5O14S6. The normalized spacial score (nSPS) is 11.6. The Morgan fingerprint density at radius 1 is 0.529 bits per heavy atom. The van der Waals surface area contributed by atoms with Crippen LogP contribution in [0, 0.1) is 17.7 Å². The number of anilines is 1. The van der Waals surface area contributed by atoms with E-state index in [9.17, 15) is 37.0 Å². The van der Waals surface area contributed by atoms with Crippen molar-refractivity contribution >= 4 is 183 Å². The molecule has 2 fully saturated rings. The second-order valence-electron chi connectivity index (χ2n) is 25.1. The van der Waals surface area contributed by atoms with Gasteiger partial charge in [-0.05, 0) is 173 Å². The van der Waals surface area contributed by atoms with Gasteiger partial charge in [-0.1, -0.05) is 121 Å². The number of hydroxylamine groups is 5. The minimum absolute atomic E-state index is 0. The Labute approximate surface area is 767 Å². The third-order valence-corrected chi connectivity index (χ3v) is 22.9. The second-order valence-corrected chi connectivity index (χ2v) is 34.2. The Kier molecular flexibility index (Phi) is 54.7. The van der Waals surface area contributed by atoms with Gasteiger partial charge in [-0.15, -0.1) is 81.2 Å². The van der Waals surface area contributed by atoms with E-state index in [1.54, 1.807) is 98.1 Å². The van der Waals surface area contributed by atoms with E-state index < -0.39 is 24.1 Å². The Hall–Kier alpha value is -7.20. The first-order valence-electron chi connectivity index (χ1n) is 35.7. The molecule has 119 heavy (non-hydrogen) atoms. The van der Waals surface area contributed by atoms with Crippen molar-refractivity contribution in [3.05, 3.63) is 316 Å². The van der Waals surface area contributed by atoms with Gasteiger partial charge in [-0.3, -0.25) is 34.0 Å². The number of nitrogens with zero attached hydrogens (tertiary/aromatic N) is 3. The first-order chi connectivity index (χ1) is 55.7. The Bertz CT molecular complexity index is 4820. The van der Waals surface area contributed by atoms with E-state index in [0.29, 0.717) is 33.3 Å². The number of carbonyl (C=O) groups excluding carboxylic acids is 4. The first-order valence-corrected chi connectivity index (χ1v) is 42.9. The van der Waals surface area contributed by atoms with E-state index in [1.807, 2.05) is 164 Å². The number of nitrogens with one attached hydrogen (secondary N) is 1. The number of carbonyl (C=O) groups is 5. The largest absolute Gasteiger partial charge is 2.00 e. The number of benzene rings is 7. The van der Waals surface area contributed by atoms with Gasteiger partial charge in [-0.2, -0.15) is 18.2 Å². The van der Waals surface area contributed by atoms with Gasteiger partial charge in [0.15, 0.2) is 11.6 Å². The van der Waals surface area contributed by atoms with Crippen LogP contribution in [0.15, 0.2) is 259 Å². The van der Waals surface area contributed by atoms with E-state index in [-0.39, 0.29) is 92.2 Å². The molecule has 0 spiro atoms. The van der Waals surface area contributed by atoms with Crippen LogP contribution in [0.5, 0.6) is 0 Å². The summed E-state index contributed by atoms with van der Waals surface area (Å²) in [4.78, 5) is 77.9. The number of hydrogen-bond acceptors (Lipinski definition) is 20. The quantitative estimate of drug-likeness (QED) is 0.0277. The number of carboxylic acid groups (broad SMARTS) is 1. The van der Waals surface area contributed by atoms with Crippen LogP contribution in [-0.4, -0.2) is 176 Å². The van der Waals surface area contributed by atoms with Crippen molar-refractivity contribution < 1.29 is 93.1 Å². The molecule has 0 radical (unpaired) electrons. The van der Waals surface area contributed by atoms with Crippen molar-refractivity contribution in [2.24, 2.45) is 5.14 Å². The maximum absolute atomic E-state index is 12.9. The minimum atomic E-state index is -1.34. The molecule has 2 aliphatic rings. The van der Waals surface area contributed by atoms with Crippen molar-refractivity contribution in [3.63, 3.8) is 0 Å². The predicted molar refractivity (Wildman–Crippen MR) is 489 cm³/mol. The molecule has 5 aromatic heterocycles. The number of morpholine rings is 1. The third kappa shape index (κ3) is 41.0. The van der Waals surface area contributed by atoms with Gasteiger partial charge in [0, 0.05) is 123 Å². The summed E-state index contributed by atoms with van der Waals surface area (Å²) in [5.74, 6) is -1.70. The molecule has 1 atom stereocenters. The summed E-state index contributed by atoms with van der Waals surface area (Å²) in [5, 5.41) is 42.0. The molecule has 630 valence electrons. The minimum Gasteiger partial charge on any atom is -1.00 e. The summed E-state index contributed by atoms with van der Waals surface area (Å²) >= 11 is 14.0. The topological polar surface area (TPSA) is 257 Å². The Morgan fingerprint density at radius 3 is 1.16 bits per heavy atom. The summed E-state index contributed by atoms with van der Waals surface area (Å²) in [5.41, 5.74) is 11.7. The number of nitrogens with two attached hydrogens (primary N) is 1. The van der Waals surface area contributed by atoms with Crippen LogP contribution in [0.1, 0.15) is 103 Å². The maximum Gasteiger partial charge on any atom is 2.00 e. The summed E-state index contributed by atoms with van der Waals surface area (Å²) in [6.45, 7) is 10.8. The van der Waals surface area contributed by atoms with Gasteiger partial charge in [0.1, 0.15) is 5.82 Å². The molecule has 1 unspecified atom stereocenters. The number of aromatic carboxylic acids is 1. The van der Waals surface area contributed by atoms with Crippen LogP contribution in [0.3, 0.4) is 0 Å². The van der Waals surface area contributed by atoms with Gasteiger partial charge in [0.2, 0.25) is 0 Å². The molecule has 19 nitrogen and oxygen atoms in total.